The molecule has 0 radical (unpaired) electrons. The molecule has 0 atom stereocenters. The Balaban J connectivity index is 2.53. The monoisotopic (exact) mass is 212 g/mol. The molecule has 0 saturated carbocycles. The molecule has 0 amide bonds. The van der Waals surface area contributed by atoms with E-state index in [0.717, 1.165) is 29.2 Å². The van der Waals surface area contributed by atoms with Gasteiger partial charge in [0, 0.05) is 24.3 Å². The lowest BCUT2D eigenvalue weighted by molar-refractivity contribution is 0.0682. The molecular formula is C9H12N2O2S. The van der Waals surface area contributed by atoms with E-state index in [4.69, 9.17) is 5.11 Å². The Morgan fingerprint density at radius 1 is 1.71 bits per heavy atom. The van der Waals surface area contributed by atoms with Gasteiger partial charge in [-0.3, -0.25) is 4.68 Å². The summed E-state index contributed by atoms with van der Waals surface area (Å²) in [5.74, 6) is 0.979. The van der Waals surface area contributed by atoms with Crippen LogP contribution in [0.1, 0.15) is 28.7 Å². The van der Waals surface area contributed by atoms with Gasteiger partial charge in [0.2, 0.25) is 0 Å². The maximum absolute atomic E-state index is 11.0. The highest BCUT2D eigenvalue weighted by Crippen LogP contribution is 2.27. The van der Waals surface area contributed by atoms with Crippen LogP contribution in [-0.2, 0) is 18.7 Å². The molecule has 1 aliphatic rings. The van der Waals surface area contributed by atoms with E-state index in [1.807, 2.05) is 6.92 Å². The number of thioether (sulfide) groups is 1. The first-order chi connectivity index (χ1) is 6.74. The molecular weight excluding hydrogens is 200 g/mol. The number of rotatable bonds is 2. The lowest BCUT2D eigenvalue weighted by Crippen LogP contribution is -2.10. The third-order valence-corrected chi connectivity index (χ3v) is 3.35. The first-order valence-corrected chi connectivity index (χ1v) is 5.79. The fraction of sp³-hybridized carbons (Fsp3) is 0.556. The van der Waals surface area contributed by atoms with E-state index in [1.54, 1.807) is 16.4 Å². The zero-order valence-electron chi connectivity index (χ0n) is 7.99. The Kier molecular flexibility index (Phi) is 2.50. The van der Waals surface area contributed by atoms with Crippen molar-refractivity contribution in [2.75, 3.05) is 5.75 Å². The Morgan fingerprint density at radius 3 is 3.14 bits per heavy atom. The van der Waals surface area contributed by atoms with Gasteiger partial charge in [0.25, 0.3) is 0 Å². The van der Waals surface area contributed by atoms with Crippen LogP contribution in [0, 0.1) is 0 Å². The highest BCUT2D eigenvalue weighted by atomic mass is 32.2. The maximum atomic E-state index is 11.0. The second-order valence-electron chi connectivity index (χ2n) is 3.20. The van der Waals surface area contributed by atoms with Gasteiger partial charge in [0.1, 0.15) is 0 Å². The minimum atomic E-state index is -0.858. The van der Waals surface area contributed by atoms with Crippen molar-refractivity contribution in [3.05, 3.63) is 17.0 Å². The number of aryl methyl sites for hydroxylation is 2. The predicted octanol–water partition coefficient (Wildman–Crippen LogP) is 1.39. The summed E-state index contributed by atoms with van der Waals surface area (Å²) in [4.78, 5) is 11.0. The Bertz CT molecular complexity index is 373. The molecule has 14 heavy (non-hydrogen) atoms. The van der Waals surface area contributed by atoms with Crippen molar-refractivity contribution < 1.29 is 9.90 Å². The summed E-state index contributed by atoms with van der Waals surface area (Å²) >= 11 is 1.78. The minimum Gasteiger partial charge on any atom is -0.477 e. The molecule has 0 aliphatic carbocycles. The van der Waals surface area contributed by atoms with Crippen molar-refractivity contribution in [3.63, 3.8) is 0 Å². The molecule has 2 heterocycles. The summed E-state index contributed by atoms with van der Waals surface area (Å²) in [6, 6.07) is 0. The van der Waals surface area contributed by atoms with E-state index >= 15 is 0 Å². The van der Waals surface area contributed by atoms with Crippen molar-refractivity contribution in [1.82, 2.24) is 9.78 Å². The Hall–Kier alpha value is -0.970. The third-order valence-electron chi connectivity index (χ3n) is 2.37. The fourth-order valence-electron chi connectivity index (χ4n) is 1.71. The summed E-state index contributed by atoms with van der Waals surface area (Å²) in [6.45, 7) is 2.54. The summed E-state index contributed by atoms with van der Waals surface area (Å²) in [5, 5.41) is 13.4. The summed E-state index contributed by atoms with van der Waals surface area (Å²) < 4.78 is 1.60. The largest absolute Gasteiger partial charge is 0.477 e. The lowest BCUT2D eigenvalue weighted by Gasteiger charge is -2.08. The van der Waals surface area contributed by atoms with Crippen LogP contribution in [0.3, 0.4) is 0 Å². The van der Waals surface area contributed by atoms with Gasteiger partial charge < -0.3 is 5.11 Å². The second-order valence-corrected chi connectivity index (χ2v) is 4.30. The van der Waals surface area contributed by atoms with Gasteiger partial charge in [-0.1, -0.05) is 0 Å². The Labute approximate surface area is 86.3 Å². The van der Waals surface area contributed by atoms with Crippen LogP contribution in [0.2, 0.25) is 0 Å². The third kappa shape index (κ3) is 1.41. The first kappa shape index (κ1) is 9.58. The summed E-state index contributed by atoms with van der Waals surface area (Å²) in [6.07, 6.45) is 0.896. The van der Waals surface area contributed by atoms with Gasteiger partial charge in [-0.25, -0.2) is 4.79 Å². The first-order valence-electron chi connectivity index (χ1n) is 4.63. The molecule has 0 bridgehead atoms. The number of nitrogens with zero attached hydrogens (tertiary/aromatic N) is 2. The number of aromatic nitrogens is 2. The van der Waals surface area contributed by atoms with Gasteiger partial charge in [0.15, 0.2) is 5.69 Å². The SMILES string of the molecule is CCn1nc2c(c1C(=O)O)CSCC2. The molecule has 0 saturated heterocycles. The molecule has 76 valence electrons. The standard InChI is InChI=1S/C9H12N2O2S/c1-2-11-8(9(12)13)6-5-14-4-3-7(6)10-11/h2-5H2,1H3,(H,12,13). The molecule has 0 aromatic carbocycles. The van der Waals surface area contributed by atoms with Gasteiger partial charge in [-0.2, -0.15) is 16.9 Å². The number of hydrogen-bond acceptors (Lipinski definition) is 3. The second kappa shape index (κ2) is 3.65. The summed E-state index contributed by atoms with van der Waals surface area (Å²) in [5.41, 5.74) is 2.29. The van der Waals surface area contributed by atoms with E-state index in [0.29, 0.717) is 12.2 Å². The van der Waals surface area contributed by atoms with Crippen LogP contribution >= 0.6 is 11.8 Å². The van der Waals surface area contributed by atoms with Crippen LogP contribution in [0.25, 0.3) is 0 Å². The van der Waals surface area contributed by atoms with E-state index in [9.17, 15) is 4.79 Å². The van der Waals surface area contributed by atoms with Crippen molar-refractivity contribution in [2.24, 2.45) is 0 Å². The van der Waals surface area contributed by atoms with E-state index in [2.05, 4.69) is 5.10 Å². The number of carbonyl (C=O) groups is 1. The minimum absolute atomic E-state index is 0.384. The summed E-state index contributed by atoms with van der Waals surface area (Å²) in [7, 11) is 0. The molecule has 1 aliphatic heterocycles. The normalized spacial score (nSPS) is 15.2. The molecule has 0 fully saturated rings. The molecule has 1 aromatic heterocycles. The fourth-order valence-corrected chi connectivity index (χ4v) is 2.70. The average molecular weight is 212 g/mol. The van der Waals surface area contributed by atoms with E-state index in [1.165, 1.54) is 0 Å². The van der Waals surface area contributed by atoms with Gasteiger partial charge in [0.05, 0.1) is 5.69 Å². The van der Waals surface area contributed by atoms with Crippen LogP contribution in [0.5, 0.6) is 0 Å². The number of aromatic carboxylic acids is 1. The van der Waals surface area contributed by atoms with Gasteiger partial charge in [-0.15, -0.1) is 0 Å². The quantitative estimate of drug-likeness (QED) is 0.805. The van der Waals surface area contributed by atoms with Crippen LogP contribution in [0.15, 0.2) is 0 Å². The average Bonchev–Trinajstić information content (AvgIpc) is 2.55. The van der Waals surface area contributed by atoms with Crippen molar-refractivity contribution in [1.29, 1.82) is 0 Å². The number of carboxylic acid groups (broad SMARTS) is 1. The topological polar surface area (TPSA) is 55.1 Å². The Morgan fingerprint density at radius 2 is 2.50 bits per heavy atom. The zero-order valence-corrected chi connectivity index (χ0v) is 8.80. The molecule has 0 unspecified atom stereocenters. The number of hydrogen-bond donors (Lipinski definition) is 1. The maximum Gasteiger partial charge on any atom is 0.354 e. The van der Waals surface area contributed by atoms with Gasteiger partial charge in [-0.05, 0) is 12.7 Å². The molecule has 1 aromatic rings. The van der Waals surface area contributed by atoms with Crippen molar-refractivity contribution >= 4 is 17.7 Å². The lowest BCUT2D eigenvalue weighted by atomic mass is 10.1. The van der Waals surface area contributed by atoms with E-state index in [-0.39, 0.29) is 0 Å². The predicted molar refractivity (Wildman–Crippen MR) is 54.7 cm³/mol. The molecule has 4 nitrogen and oxygen atoms in total. The highest BCUT2D eigenvalue weighted by molar-refractivity contribution is 7.98. The zero-order chi connectivity index (χ0) is 10.1. The number of carboxylic acids is 1. The molecule has 2 rings (SSSR count). The van der Waals surface area contributed by atoms with Crippen molar-refractivity contribution in [2.45, 2.75) is 25.6 Å². The van der Waals surface area contributed by atoms with Crippen LogP contribution < -0.4 is 0 Å². The molecule has 1 N–H and O–H groups in total. The van der Waals surface area contributed by atoms with Crippen molar-refractivity contribution in [3.8, 4) is 0 Å². The smallest absolute Gasteiger partial charge is 0.354 e. The highest BCUT2D eigenvalue weighted by Gasteiger charge is 2.24. The molecule has 5 heteroatoms. The number of fused-ring (bicyclic) bond motifs is 1. The molecule has 0 spiro atoms. The van der Waals surface area contributed by atoms with Gasteiger partial charge >= 0.3 is 5.97 Å². The van der Waals surface area contributed by atoms with E-state index < -0.39 is 5.97 Å². The van der Waals surface area contributed by atoms with Crippen LogP contribution in [-0.4, -0.2) is 26.6 Å². The van der Waals surface area contributed by atoms with Crippen LogP contribution in [0.4, 0.5) is 0 Å².